The molecule has 1 rings (SSSR count). The number of hydrogen-bond acceptors (Lipinski definition) is 3. The van der Waals surface area contributed by atoms with Gasteiger partial charge in [-0.1, -0.05) is 20.8 Å². The van der Waals surface area contributed by atoms with Crippen LogP contribution >= 0.6 is 0 Å². The largest absolute Gasteiger partial charge is 0.355 e. The Labute approximate surface area is 105 Å². The summed E-state index contributed by atoms with van der Waals surface area (Å²) in [6.45, 7) is 7.84. The minimum Gasteiger partial charge on any atom is -0.355 e. The van der Waals surface area contributed by atoms with Crippen molar-refractivity contribution in [3.8, 4) is 0 Å². The zero-order valence-corrected chi connectivity index (χ0v) is 11.6. The number of rotatable bonds is 6. The molecule has 0 radical (unpaired) electrons. The predicted octanol–water partition coefficient (Wildman–Crippen LogP) is 0.960. The number of amides is 1. The molecule has 0 spiro atoms. The Balaban J connectivity index is 2.12. The van der Waals surface area contributed by atoms with Gasteiger partial charge in [-0.05, 0) is 25.3 Å². The lowest BCUT2D eigenvalue weighted by molar-refractivity contribution is -0.122. The number of nitrogens with two attached hydrogens (primary N) is 1. The van der Waals surface area contributed by atoms with Crippen molar-refractivity contribution in [2.45, 2.75) is 52.1 Å². The van der Waals surface area contributed by atoms with Crippen LogP contribution in [-0.2, 0) is 4.79 Å². The molecule has 0 aromatic carbocycles. The number of hydrogen-bond donors (Lipinski definition) is 2. The Morgan fingerprint density at radius 2 is 2.06 bits per heavy atom. The van der Waals surface area contributed by atoms with Crippen molar-refractivity contribution in [1.82, 2.24) is 10.2 Å². The van der Waals surface area contributed by atoms with Gasteiger partial charge in [-0.25, -0.2) is 0 Å². The van der Waals surface area contributed by atoms with E-state index in [0.717, 1.165) is 19.1 Å². The highest BCUT2D eigenvalue weighted by atomic mass is 16.1. The molecule has 1 unspecified atom stereocenters. The average molecular weight is 241 g/mol. The van der Waals surface area contributed by atoms with Crippen LogP contribution in [0.3, 0.4) is 0 Å². The zero-order chi connectivity index (χ0) is 13.1. The number of carbonyl (C=O) groups excluding carboxylic acids is 1. The summed E-state index contributed by atoms with van der Waals surface area (Å²) in [5, 5.41) is 2.94. The second kappa shape index (κ2) is 5.83. The molecule has 0 aromatic heterocycles. The predicted molar refractivity (Wildman–Crippen MR) is 70.7 cm³/mol. The van der Waals surface area contributed by atoms with Crippen LogP contribution in [0.15, 0.2) is 0 Å². The second-order valence-corrected chi connectivity index (χ2v) is 6.24. The van der Waals surface area contributed by atoms with Gasteiger partial charge in [0.25, 0.3) is 0 Å². The highest BCUT2D eigenvalue weighted by Crippen LogP contribution is 2.24. The fraction of sp³-hybridized carbons (Fsp3) is 0.923. The van der Waals surface area contributed by atoms with E-state index in [4.69, 9.17) is 5.73 Å². The molecule has 0 heterocycles. The first-order chi connectivity index (χ1) is 7.80. The number of carbonyl (C=O) groups is 1. The number of nitrogens with zero attached hydrogens (tertiary/aromatic N) is 1. The first kappa shape index (κ1) is 14.5. The standard InChI is InChI=1S/C13H27N3O/c1-13(2,3)11(14)9-12(17)15-7-8-16(4)10-5-6-10/h10-11H,5-9,14H2,1-4H3,(H,15,17). The molecule has 17 heavy (non-hydrogen) atoms. The summed E-state index contributed by atoms with van der Waals surface area (Å²) in [7, 11) is 2.12. The summed E-state index contributed by atoms with van der Waals surface area (Å²) in [6, 6.07) is 0.674. The Morgan fingerprint density at radius 1 is 1.47 bits per heavy atom. The smallest absolute Gasteiger partial charge is 0.221 e. The number of likely N-dealkylation sites (N-methyl/N-ethyl adjacent to an activating group) is 1. The maximum atomic E-state index is 11.7. The van der Waals surface area contributed by atoms with Gasteiger partial charge in [-0.2, -0.15) is 0 Å². The van der Waals surface area contributed by atoms with Crippen LogP contribution in [0.2, 0.25) is 0 Å². The molecule has 100 valence electrons. The normalized spacial score (nSPS) is 18.2. The summed E-state index contributed by atoms with van der Waals surface area (Å²) in [6.07, 6.45) is 3.02. The highest BCUT2D eigenvalue weighted by Gasteiger charge is 2.26. The van der Waals surface area contributed by atoms with E-state index >= 15 is 0 Å². The first-order valence-corrected chi connectivity index (χ1v) is 6.53. The Kier molecular flexibility index (Phi) is 4.95. The van der Waals surface area contributed by atoms with Crippen molar-refractivity contribution in [3.63, 3.8) is 0 Å². The molecule has 4 heteroatoms. The van der Waals surface area contributed by atoms with Gasteiger partial charge in [0.1, 0.15) is 0 Å². The SMILES string of the molecule is CN(CCNC(=O)CC(N)C(C)(C)C)C1CC1. The molecule has 1 amide bonds. The first-order valence-electron chi connectivity index (χ1n) is 6.53. The Morgan fingerprint density at radius 3 is 2.53 bits per heavy atom. The highest BCUT2D eigenvalue weighted by molar-refractivity contribution is 5.76. The third-order valence-electron chi connectivity index (χ3n) is 3.47. The molecular weight excluding hydrogens is 214 g/mol. The Bertz CT molecular complexity index is 256. The summed E-state index contributed by atoms with van der Waals surface area (Å²) < 4.78 is 0. The quantitative estimate of drug-likeness (QED) is 0.728. The second-order valence-electron chi connectivity index (χ2n) is 6.24. The molecule has 0 aliphatic heterocycles. The number of nitrogens with one attached hydrogen (secondary N) is 1. The summed E-state index contributed by atoms with van der Waals surface area (Å²) >= 11 is 0. The molecule has 1 fully saturated rings. The van der Waals surface area contributed by atoms with Crippen molar-refractivity contribution in [2.24, 2.45) is 11.1 Å². The van der Waals surface area contributed by atoms with E-state index in [0.29, 0.717) is 6.42 Å². The van der Waals surface area contributed by atoms with Crippen molar-refractivity contribution < 1.29 is 4.79 Å². The molecule has 1 saturated carbocycles. The van der Waals surface area contributed by atoms with Crippen LogP contribution in [0, 0.1) is 5.41 Å². The molecule has 0 aromatic rings. The van der Waals surface area contributed by atoms with E-state index in [1.807, 2.05) is 0 Å². The third-order valence-corrected chi connectivity index (χ3v) is 3.47. The van der Waals surface area contributed by atoms with Crippen LogP contribution < -0.4 is 11.1 Å². The Hall–Kier alpha value is -0.610. The molecule has 1 atom stereocenters. The van der Waals surface area contributed by atoms with Gasteiger partial charge in [0.2, 0.25) is 5.91 Å². The van der Waals surface area contributed by atoms with E-state index in [9.17, 15) is 4.79 Å². The van der Waals surface area contributed by atoms with Gasteiger partial charge in [0.05, 0.1) is 0 Å². The van der Waals surface area contributed by atoms with Crippen LogP contribution in [0.4, 0.5) is 0 Å². The monoisotopic (exact) mass is 241 g/mol. The fourth-order valence-electron chi connectivity index (χ4n) is 1.65. The fourth-order valence-corrected chi connectivity index (χ4v) is 1.65. The van der Waals surface area contributed by atoms with Crippen LogP contribution in [0.25, 0.3) is 0 Å². The topological polar surface area (TPSA) is 58.4 Å². The lowest BCUT2D eigenvalue weighted by atomic mass is 9.85. The van der Waals surface area contributed by atoms with Crippen LogP contribution in [-0.4, -0.2) is 43.0 Å². The molecule has 4 nitrogen and oxygen atoms in total. The molecular formula is C13H27N3O. The molecule has 0 saturated heterocycles. The van der Waals surface area contributed by atoms with Crippen molar-refractivity contribution in [1.29, 1.82) is 0 Å². The van der Waals surface area contributed by atoms with E-state index in [-0.39, 0.29) is 17.4 Å². The van der Waals surface area contributed by atoms with Gasteiger partial charge < -0.3 is 16.0 Å². The minimum absolute atomic E-state index is 0.0118. The third kappa shape index (κ3) is 5.50. The van der Waals surface area contributed by atoms with Gasteiger partial charge in [0.15, 0.2) is 0 Å². The van der Waals surface area contributed by atoms with Crippen molar-refractivity contribution in [2.75, 3.05) is 20.1 Å². The van der Waals surface area contributed by atoms with Gasteiger partial charge in [-0.15, -0.1) is 0 Å². The van der Waals surface area contributed by atoms with E-state index in [1.54, 1.807) is 0 Å². The van der Waals surface area contributed by atoms with Crippen molar-refractivity contribution in [3.05, 3.63) is 0 Å². The minimum atomic E-state index is -0.0799. The van der Waals surface area contributed by atoms with Crippen LogP contribution in [0.5, 0.6) is 0 Å². The van der Waals surface area contributed by atoms with E-state index < -0.39 is 0 Å². The summed E-state index contributed by atoms with van der Waals surface area (Å²) in [4.78, 5) is 14.0. The maximum absolute atomic E-state index is 11.7. The summed E-state index contributed by atoms with van der Waals surface area (Å²) in [5.41, 5.74) is 5.96. The molecule has 1 aliphatic carbocycles. The maximum Gasteiger partial charge on any atom is 0.221 e. The summed E-state index contributed by atoms with van der Waals surface area (Å²) in [5.74, 6) is 0.0663. The molecule has 1 aliphatic rings. The van der Waals surface area contributed by atoms with Gasteiger partial charge in [-0.3, -0.25) is 4.79 Å². The average Bonchev–Trinajstić information content (AvgIpc) is 2.98. The van der Waals surface area contributed by atoms with Gasteiger partial charge in [0, 0.05) is 31.6 Å². The lowest BCUT2D eigenvalue weighted by Gasteiger charge is -2.26. The van der Waals surface area contributed by atoms with E-state index in [1.165, 1.54) is 12.8 Å². The zero-order valence-electron chi connectivity index (χ0n) is 11.6. The molecule has 3 N–H and O–H groups in total. The van der Waals surface area contributed by atoms with Crippen LogP contribution in [0.1, 0.15) is 40.0 Å². The van der Waals surface area contributed by atoms with E-state index in [2.05, 4.69) is 38.0 Å². The van der Waals surface area contributed by atoms with Gasteiger partial charge >= 0.3 is 0 Å². The molecule has 0 bridgehead atoms. The lowest BCUT2D eigenvalue weighted by Crippen LogP contribution is -2.41. The van der Waals surface area contributed by atoms with Crippen molar-refractivity contribution >= 4 is 5.91 Å².